The first kappa shape index (κ1) is 28.9. The van der Waals surface area contributed by atoms with E-state index in [9.17, 15) is 13.2 Å². The summed E-state index contributed by atoms with van der Waals surface area (Å²) in [5.41, 5.74) is -0.0138. The summed E-state index contributed by atoms with van der Waals surface area (Å²) in [6.07, 6.45) is 0.494. The van der Waals surface area contributed by atoms with E-state index in [4.69, 9.17) is 9.54 Å². The zero-order chi connectivity index (χ0) is 29.9. The highest BCUT2D eigenvalue weighted by Crippen LogP contribution is 2.66. The number of benzene rings is 2. The van der Waals surface area contributed by atoms with Crippen LogP contribution in [-0.4, -0.2) is 29.9 Å². The second-order valence-corrected chi connectivity index (χ2v) is 17.5. The van der Waals surface area contributed by atoms with Crippen LogP contribution >= 0.6 is 0 Å². The summed E-state index contributed by atoms with van der Waals surface area (Å²) in [6.45, 7) is 11.1. The van der Waals surface area contributed by atoms with Crippen molar-refractivity contribution in [3.05, 3.63) is 90.5 Å². The SMILES string of the molecule is CC(C)C1(C2C3CC(O[Si](c4ccccc4)(c4ccccc4)C(C)(C)C)CC32)C=C(c2ccnc(C(F)(F)F)n2)N=N1. The maximum atomic E-state index is 13.3. The summed E-state index contributed by atoms with van der Waals surface area (Å²) in [5, 5.41) is 11.6. The number of azo groups is 1. The van der Waals surface area contributed by atoms with Gasteiger partial charge in [0.1, 0.15) is 11.2 Å². The molecule has 42 heavy (non-hydrogen) atoms. The Morgan fingerprint density at radius 2 is 1.45 bits per heavy atom. The fraction of sp³-hybridized carbons (Fsp3) is 0.455. The average molecular weight is 591 g/mol. The van der Waals surface area contributed by atoms with Gasteiger partial charge in [-0.15, -0.1) is 0 Å². The number of nitrogens with zero attached hydrogens (tertiary/aromatic N) is 4. The van der Waals surface area contributed by atoms with E-state index in [2.05, 4.69) is 110 Å². The first-order valence-corrected chi connectivity index (χ1v) is 16.6. The van der Waals surface area contributed by atoms with Crippen LogP contribution in [0, 0.1) is 23.7 Å². The summed E-state index contributed by atoms with van der Waals surface area (Å²) in [4.78, 5) is 7.16. The molecule has 3 aliphatic rings. The highest BCUT2D eigenvalue weighted by Gasteiger charge is 2.67. The lowest BCUT2D eigenvalue weighted by atomic mass is 9.79. The second-order valence-electron chi connectivity index (χ2n) is 13.3. The summed E-state index contributed by atoms with van der Waals surface area (Å²) >= 11 is 0. The van der Waals surface area contributed by atoms with Crippen molar-refractivity contribution in [2.24, 2.45) is 33.9 Å². The molecule has 3 aromatic rings. The Morgan fingerprint density at radius 1 is 0.881 bits per heavy atom. The van der Waals surface area contributed by atoms with Gasteiger partial charge < -0.3 is 4.43 Å². The third-order valence-electron chi connectivity index (χ3n) is 9.49. The number of hydrogen-bond acceptors (Lipinski definition) is 5. The van der Waals surface area contributed by atoms with E-state index < -0.39 is 25.9 Å². The first-order chi connectivity index (χ1) is 19.9. The normalized spacial score (nSPS) is 27.3. The van der Waals surface area contributed by atoms with E-state index >= 15 is 0 Å². The van der Waals surface area contributed by atoms with Crippen molar-refractivity contribution in [2.75, 3.05) is 0 Å². The summed E-state index contributed by atoms with van der Waals surface area (Å²) in [7, 11) is -2.65. The van der Waals surface area contributed by atoms with Gasteiger partial charge in [0.05, 0.1) is 5.69 Å². The van der Waals surface area contributed by atoms with E-state index in [-0.39, 0.29) is 28.7 Å². The molecule has 220 valence electrons. The van der Waals surface area contributed by atoms with E-state index in [0.29, 0.717) is 17.5 Å². The fourth-order valence-corrected chi connectivity index (χ4v) is 12.2. The molecule has 0 bridgehead atoms. The van der Waals surface area contributed by atoms with Gasteiger partial charge in [0.25, 0.3) is 8.32 Å². The van der Waals surface area contributed by atoms with Crippen molar-refractivity contribution in [1.29, 1.82) is 0 Å². The molecule has 2 heterocycles. The van der Waals surface area contributed by atoms with Gasteiger partial charge >= 0.3 is 6.18 Å². The van der Waals surface area contributed by atoms with Crippen molar-refractivity contribution in [1.82, 2.24) is 9.97 Å². The molecule has 2 saturated carbocycles. The Bertz CT molecular complexity index is 1450. The second kappa shape index (κ2) is 10.2. The van der Waals surface area contributed by atoms with Crippen molar-refractivity contribution < 1.29 is 17.6 Å². The summed E-state index contributed by atoms with van der Waals surface area (Å²) in [6, 6.07) is 22.9. The Balaban J connectivity index is 1.27. The Labute approximate surface area is 246 Å². The zero-order valence-electron chi connectivity index (χ0n) is 24.6. The molecule has 0 radical (unpaired) electrons. The molecule has 5 nitrogen and oxygen atoms in total. The van der Waals surface area contributed by atoms with Gasteiger partial charge in [0.2, 0.25) is 5.82 Å². The minimum absolute atomic E-state index is 0.0921. The molecule has 0 amide bonds. The van der Waals surface area contributed by atoms with Gasteiger partial charge in [-0.1, -0.05) is 95.3 Å². The highest BCUT2D eigenvalue weighted by molar-refractivity contribution is 6.99. The molecule has 2 fully saturated rings. The minimum Gasteiger partial charge on any atom is -0.404 e. The molecule has 1 aromatic heterocycles. The predicted molar refractivity (Wildman–Crippen MR) is 160 cm³/mol. The molecule has 0 N–H and O–H groups in total. The first-order valence-electron chi connectivity index (χ1n) is 14.7. The van der Waals surface area contributed by atoms with E-state index in [1.807, 2.05) is 6.08 Å². The Morgan fingerprint density at radius 3 is 1.95 bits per heavy atom. The van der Waals surface area contributed by atoms with Crippen LogP contribution in [0.25, 0.3) is 5.70 Å². The van der Waals surface area contributed by atoms with Crippen molar-refractivity contribution >= 4 is 24.4 Å². The lowest BCUT2D eigenvalue weighted by Crippen LogP contribution is -2.67. The number of halogens is 3. The fourth-order valence-electron chi connectivity index (χ4n) is 7.52. The van der Waals surface area contributed by atoms with Gasteiger partial charge in [-0.3, -0.25) is 0 Å². The lowest BCUT2D eigenvalue weighted by Gasteiger charge is -2.45. The smallest absolute Gasteiger partial charge is 0.404 e. The average Bonchev–Trinajstić information content (AvgIpc) is 3.27. The monoisotopic (exact) mass is 590 g/mol. The van der Waals surface area contributed by atoms with Crippen LogP contribution in [0.3, 0.4) is 0 Å². The van der Waals surface area contributed by atoms with Gasteiger partial charge in [0.15, 0.2) is 0 Å². The van der Waals surface area contributed by atoms with Crippen molar-refractivity contribution in [3.8, 4) is 0 Å². The number of alkyl halides is 3. The predicted octanol–water partition coefficient (Wildman–Crippen LogP) is 7.30. The third-order valence-corrected chi connectivity index (χ3v) is 14.6. The number of rotatable bonds is 7. The van der Waals surface area contributed by atoms with E-state index in [0.717, 1.165) is 19.0 Å². The number of aromatic nitrogens is 2. The Hall–Kier alpha value is -3.17. The molecule has 1 aliphatic heterocycles. The van der Waals surface area contributed by atoms with Crippen molar-refractivity contribution in [2.45, 2.75) is 70.3 Å². The molecule has 2 aliphatic carbocycles. The van der Waals surface area contributed by atoms with Gasteiger partial charge in [-0.05, 0) is 64.1 Å². The summed E-state index contributed by atoms with van der Waals surface area (Å²) in [5.74, 6) is 0.114. The van der Waals surface area contributed by atoms with E-state index in [1.165, 1.54) is 16.4 Å². The van der Waals surface area contributed by atoms with Crippen LogP contribution in [0.15, 0.2) is 89.2 Å². The summed E-state index contributed by atoms with van der Waals surface area (Å²) < 4.78 is 47.2. The van der Waals surface area contributed by atoms with Crippen LogP contribution < -0.4 is 10.4 Å². The number of hydrogen-bond donors (Lipinski definition) is 0. The molecule has 6 rings (SSSR count). The maximum absolute atomic E-state index is 13.3. The third kappa shape index (κ3) is 4.74. The highest BCUT2D eigenvalue weighted by atomic mass is 28.4. The van der Waals surface area contributed by atoms with Crippen LogP contribution in [0.2, 0.25) is 5.04 Å². The van der Waals surface area contributed by atoms with Crippen LogP contribution in [0.4, 0.5) is 13.2 Å². The standard InChI is InChI=1S/C33H37F3N4OSi/c1-21(2)32(20-28(39-40-32)27-16-17-37-30(38-27)33(34,35)36)29-25-18-22(19-26(25)29)41-42(31(3,4)5,23-12-8-6-9-13-23)24-14-10-7-11-15-24/h6-17,20-22,25-26,29H,18-19H2,1-5H3. The largest absolute Gasteiger partial charge is 0.451 e. The van der Waals surface area contributed by atoms with Crippen LogP contribution in [-0.2, 0) is 10.6 Å². The van der Waals surface area contributed by atoms with Crippen molar-refractivity contribution in [3.63, 3.8) is 0 Å². The lowest BCUT2D eigenvalue weighted by molar-refractivity contribution is -0.145. The van der Waals surface area contributed by atoms with Crippen LogP contribution in [0.5, 0.6) is 0 Å². The van der Waals surface area contributed by atoms with Crippen LogP contribution in [0.1, 0.15) is 59.0 Å². The molecular formula is C33H37F3N4OSi. The van der Waals surface area contributed by atoms with Gasteiger partial charge in [0, 0.05) is 12.3 Å². The molecular weight excluding hydrogens is 553 g/mol. The van der Waals surface area contributed by atoms with Gasteiger partial charge in [-0.25, -0.2) is 9.97 Å². The molecule has 3 unspecified atom stereocenters. The van der Waals surface area contributed by atoms with Gasteiger partial charge in [-0.2, -0.15) is 23.4 Å². The minimum atomic E-state index is -4.62. The molecule has 3 atom stereocenters. The quantitative estimate of drug-likeness (QED) is 0.272. The van der Waals surface area contributed by atoms with E-state index in [1.54, 1.807) is 0 Å². The maximum Gasteiger partial charge on any atom is 0.451 e. The molecule has 0 spiro atoms. The molecule has 2 aromatic carbocycles. The molecule has 9 heteroatoms. The molecule has 0 saturated heterocycles. The number of fused-ring (bicyclic) bond motifs is 1. The zero-order valence-corrected chi connectivity index (χ0v) is 25.6. The Kier molecular flexibility index (Phi) is 7.04. The topological polar surface area (TPSA) is 59.7 Å².